The Morgan fingerprint density at radius 2 is 2.12 bits per heavy atom. The molecule has 0 amide bonds. The van der Waals surface area contributed by atoms with Crippen LogP contribution in [0.15, 0.2) is 36.5 Å². The number of aromatic hydroxyl groups is 1. The first kappa shape index (κ1) is 11.7. The van der Waals surface area contributed by atoms with E-state index < -0.39 is 5.82 Å². The Hall–Kier alpha value is -1.81. The van der Waals surface area contributed by atoms with Crippen LogP contribution < -0.4 is 5.32 Å². The lowest BCUT2D eigenvalue weighted by molar-refractivity contribution is 0.472. The van der Waals surface area contributed by atoms with Gasteiger partial charge in [0.2, 0.25) is 0 Å². The van der Waals surface area contributed by atoms with Crippen LogP contribution in [0.5, 0.6) is 5.75 Å². The van der Waals surface area contributed by atoms with Crippen molar-refractivity contribution in [3.63, 3.8) is 0 Å². The van der Waals surface area contributed by atoms with E-state index in [0.717, 1.165) is 0 Å². The molecular formula is C12H10ClFN2O. The summed E-state index contributed by atoms with van der Waals surface area (Å²) in [6.07, 6.45) is 1.33. The minimum absolute atomic E-state index is 0.0951. The lowest BCUT2D eigenvalue weighted by Crippen LogP contribution is -2.03. The molecule has 0 radical (unpaired) electrons. The molecular weight excluding hydrogens is 243 g/mol. The van der Waals surface area contributed by atoms with Crippen LogP contribution in [0.3, 0.4) is 0 Å². The van der Waals surface area contributed by atoms with Crippen LogP contribution in [0.1, 0.15) is 5.69 Å². The molecule has 2 N–H and O–H groups in total. The monoisotopic (exact) mass is 252 g/mol. The SMILES string of the molecule is Oc1ccc(CNc2c(F)cccc2Cl)nc1. The van der Waals surface area contributed by atoms with Gasteiger partial charge in [0.05, 0.1) is 29.1 Å². The Bertz CT molecular complexity index is 496. The molecule has 0 aliphatic carbocycles. The standard InChI is InChI=1S/C12H10ClFN2O/c13-10-2-1-3-11(14)12(10)16-6-8-4-5-9(17)7-15-8/h1-5,7,16-17H,6H2. The zero-order valence-corrected chi connectivity index (χ0v) is 9.58. The molecule has 2 aromatic rings. The van der Waals surface area contributed by atoms with Gasteiger partial charge >= 0.3 is 0 Å². The van der Waals surface area contributed by atoms with Crippen LogP contribution in [0.25, 0.3) is 0 Å². The normalized spacial score (nSPS) is 10.2. The summed E-state index contributed by atoms with van der Waals surface area (Å²) in [6, 6.07) is 7.65. The Labute approximate surface area is 103 Å². The van der Waals surface area contributed by atoms with Crippen molar-refractivity contribution in [3.8, 4) is 5.75 Å². The second-order valence-electron chi connectivity index (χ2n) is 3.46. The first-order valence-corrected chi connectivity index (χ1v) is 5.36. The highest BCUT2D eigenvalue weighted by atomic mass is 35.5. The lowest BCUT2D eigenvalue weighted by atomic mass is 10.3. The van der Waals surface area contributed by atoms with Crippen molar-refractivity contribution in [3.05, 3.63) is 53.1 Å². The fourth-order valence-electron chi connectivity index (χ4n) is 1.37. The van der Waals surface area contributed by atoms with Crippen LogP contribution >= 0.6 is 11.6 Å². The van der Waals surface area contributed by atoms with Crippen LogP contribution in [-0.4, -0.2) is 10.1 Å². The van der Waals surface area contributed by atoms with E-state index in [1.54, 1.807) is 18.2 Å². The van der Waals surface area contributed by atoms with Gasteiger partial charge in [0.1, 0.15) is 11.6 Å². The highest BCUT2D eigenvalue weighted by Gasteiger charge is 2.06. The molecule has 5 heteroatoms. The van der Waals surface area contributed by atoms with Gasteiger partial charge in [-0.1, -0.05) is 17.7 Å². The molecule has 0 spiro atoms. The average molecular weight is 253 g/mol. The maximum Gasteiger partial charge on any atom is 0.147 e. The Kier molecular flexibility index (Phi) is 3.44. The molecule has 17 heavy (non-hydrogen) atoms. The van der Waals surface area contributed by atoms with Crippen LogP contribution in [0.2, 0.25) is 5.02 Å². The van der Waals surface area contributed by atoms with Gasteiger partial charge in [0.15, 0.2) is 0 Å². The molecule has 1 heterocycles. The topological polar surface area (TPSA) is 45.1 Å². The maximum atomic E-state index is 13.4. The molecule has 0 unspecified atom stereocenters. The van der Waals surface area contributed by atoms with Crippen LogP contribution in [0, 0.1) is 5.82 Å². The van der Waals surface area contributed by atoms with Crippen molar-refractivity contribution in [2.45, 2.75) is 6.54 Å². The van der Waals surface area contributed by atoms with Gasteiger partial charge in [-0.25, -0.2) is 4.39 Å². The molecule has 0 saturated heterocycles. The summed E-state index contributed by atoms with van der Waals surface area (Å²) in [5.41, 5.74) is 0.936. The van der Waals surface area contributed by atoms with E-state index >= 15 is 0 Å². The molecule has 0 saturated carbocycles. The summed E-state index contributed by atoms with van der Waals surface area (Å²) in [7, 11) is 0. The summed E-state index contributed by atoms with van der Waals surface area (Å²) >= 11 is 5.86. The van der Waals surface area contributed by atoms with Gasteiger partial charge in [0, 0.05) is 0 Å². The number of halogens is 2. The van der Waals surface area contributed by atoms with Gasteiger partial charge in [-0.05, 0) is 24.3 Å². The second-order valence-corrected chi connectivity index (χ2v) is 3.87. The fraction of sp³-hybridized carbons (Fsp3) is 0.0833. The van der Waals surface area contributed by atoms with E-state index in [9.17, 15) is 4.39 Å². The van der Waals surface area contributed by atoms with E-state index in [1.165, 1.54) is 18.3 Å². The van der Waals surface area contributed by atoms with Crippen molar-refractivity contribution in [2.24, 2.45) is 0 Å². The van der Waals surface area contributed by atoms with E-state index in [0.29, 0.717) is 17.3 Å². The van der Waals surface area contributed by atoms with E-state index in [2.05, 4.69) is 10.3 Å². The highest BCUT2D eigenvalue weighted by molar-refractivity contribution is 6.33. The first-order valence-electron chi connectivity index (χ1n) is 4.98. The Morgan fingerprint density at radius 3 is 2.76 bits per heavy atom. The Balaban J connectivity index is 2.10. The number of pyridine rings is 1. The zero-order valence-electron chi connectivity index (χ0n) is 8.82. The van der Waals surface area contributed by atoms with Crippen molar-refractivity contribution in [2.75, 3.05) is 5.32 Å². The van der Waals surface area contributed by atoms with E-state index in [4.69, 9.17) is 16.7 Å². The third kappa shape index (κ3) is 2.85. The summed E-state index contributed by atoms with van der Waals surface area (Å²) in [5, 5.41) is 12.3. The number of hydrogen-bond donors (Lipinski definition) is 2. The van der Waals surface area contributed by atoms with Gasteiger partial charge in [-0.3, -0.25) is 4.98 Å². The largest absolute Gasteiger partial charge is 0.506 e. The number of nitrogens with one attached hydrogen (secondary N) is 1. The number of anilines is 1. The highest BCUT2D eigenvalue weighted by Crippen LogP contribution is 2.24. The van der Waals surface area contributed by atoms with E-state index in [1.807, 2.05) is 0 Å². The van der Waals surface area contributed by atoms with Crippen molar-refractivity contribution in [1.82, 2.24) is 4.98 Å². The molecule has 2 rings (SSSR count). The average Bonchev–Trinajstić information content (AvgIpc) is 2.31. The van der Waals surface area contributed by atoms with Crippen molar-refractivity contribution in [1.29, 1.82) is 0 Å². The number of benzene rings is 1. The third-order valence-electron chi connectivity index (χ3n) is 2.22. The molecule has 0 bridgehead atoms. The lowest BCUT2D eigenvalue weighted by Gasteiger charge is -2.08. The first-order chi connectivity index (χ1) is 8.16. The Morgan fingerprint density at radius 1 is 1.29 bits per heavy atom. The van der Waals surface area contributed by atoms with Gasteiger partial charge in [0.25, 0.3) is 0 Å². The molecule has 0 fully saturated rings. The molecule has 0 aliphatic heterocycles. The maximum absolute atomic E-state index is 13.4. The van der Waals surface area contributed by atoms with Crippen molar-refractivity contribution >= 4 is 17.3 Å². The number of aromatic nitrogens is 1. The zero-order chi connectivity index (χ0) is 12.3. The number of para-hydroxylation sites is 1. The minimum Gasteiger partial charge on any atom is -0.506 e. The molecule has 0 aliphatic rings. The molecule has 1 aromatic carbocycles. The predicted molar refractivity (Wildman–Crippen MR) is 64.6 cm³/mol. The van der Waals surface area contributed by atoms with Gasteiger partial charge in [-0.15, -0.1) is 0 Å². The molecule has 0 atom stereocenters. The number of rotatable bonds is 3. The fourth-order valence-corrected chi connectivity index (χ4v) is 1.60. The van der Waals surface area contributed by atoms with Gasteiger partial charge in [-0.2, -0.15) is 0 Å². The molecule has 3 nitrogen and oxygen atoms in total. The quantitative estimate of drug-likeness (QED) is 0.882. The summed E-state index contributed by atoms with van der Waals surface area (Å²) in [4.78, 5) is 3.97. The summed E-state index contributed by atoms with van der Waals surface area (Å²) < 4.78 is 13.4. The van der Waals surface area contributed by atoms with Crippen LogP contribution in [-0.2, 0) is 6.54 Å². The van der Waals surface area contributed by atoms with Gasteiger partial charge < -0.3 is 10.4 Å². The number of hydrogen-bond acceptors (Lipinski definition) is 3. The second kappa shape index (κ2) is 5.01. The van der Waals surface area contributed by atoms with Crippen LogP contribution in [0.4, 0.5) is 10.1 Å². The number of nitrogens with zero attached hydrogens (tertiary/aromatic N) is 1. The van der Waals surface area contributed by atoms with Crippen molar-refractivity contribution < 1.29 is 9.50 Å². The predicted octanol–water partition coefficient (Wildman–Crippen LogP) is 3.19. The minimum atomic E-state index is -0.406. The van der Waals surface area contributed by atoms with E-state index in [-0.39, 0.29) is 11.4 Å². The smallest absolute Gasteiger partial charge is 0.147 e. The molecule has 1 aromatic heterocycles. The summed E-state index contributed by atoms with van der Waals surface area (Å²) in [5.74, 6) is -0.311. The molecule has 88 valence electrons. The summed E-state index contributed by atoms with van der Waals surface area (Å²) in [6.45, 7) is 0.334. The third-order valence-corrected chi connectivity index (χ3v) is 2.53.